The zero-order valence-corrected chi connectivity index (χ0v) is 15.1. The molecule has 4 heteroatoms. The first kappa shape index (κ1) is 15.8. The van der Waals surface area contributed by atoms with Crippen LogP contribution in [0.5, 0.6) is 5.75 Å². The van der Waals surface area contributed by atoms with Crippen LogP contribution >= 0.6 is 0 Å². The minimum Gasteiger partial charge on any atom is -0.481 e. The lowest BCUT2D eigenvalue weighted by Crippen LogP contribution is -2.74. The Morgan fingerprint density at radius 3 is 2.88 bits per heavy atom. The average Bonchev–Trinajstić information content (AvgIpc) is 3.33. The van der Waals surface area contributed by atoms with Crippen molar-refractivity contribution in [3.05, 3.63) is 29.3 Å². The highest BCUT2D eigenvalue weighted by Crippen LogP contribution is 2.60. The van der Waals surface area contributed by atoms with E-state index in [1.807, 2.05) is 12.1 Å². The molecule has 1 aromatic carbocycles. The van der Waals surface area contributed by atoms with Crippen LogP contribution in [0.2, 0.25) is 0 Å². The first-order valence-electron chi connectivity index (χ1n) is 9.73. The molecule has 0 aromatic heterocycles. The molecule has 25 heavy (non-hydrogen) atoms. The molecule has 1 aromatic rings. The van der Waals surface area contributed by atoms with E-state index in [2.05, 4.69) is 24.8 Å². The summed E-state index contributed by atoms with van der Waals surface area (Å²) in [5.74, 6) is 1.76. The molecule has 4 unspecified atom stereocenters. The monoisotopic (exact) mass is 341 g/mol. The number of fused-ring (bicyclic) bond motifs is 1. The number of ketones is 1. The maximum Gasteiger partial charge on any atom is 0.174 e. The third-order valence-electron chi connectivity index (χ3n) is 7.41. The molecule has 4 nitrogen and oxygen atoms in total. The summed E-state index contributed by atoms with van der Waals surface area (Å²) < 4.78 is 6.18. The molecule has 4 aliphatic rings. The fraction of sp³-hybridized carbons (Fsp3) is 0.667. The first-order valence-corrected chi connectivity index (χ1v) is 9.73. The summed E-state index contributed by atoms with van der Waals surface area (Å²) in [5, 5.41) is 12.0. The van der Waals surface area contributed by atoms with E-state index in [4.69, 9.17) is 4.74 Å². The first-order chi connectivity index (χ1) is 12.0. The number of likely N-dealkylation sites (tertiary alicyclic amines) is 1. The van der Waals surface area contributed by atoms with Gasteiger partial charge in [-0.3, -0.25) is 9.69 Å². The largest absolute Gasteiger partial charge is 0.481 e. The van der Waals surface area contributed by atoms with Gasteiger partial charge in [0.25, 0.3) is 0 Å². The number of rotatable bonds is 2. The maximum atomic E-state index is 12.8. The maximum absolute atomic E-state index is 12.8. The highest BCUT2D eigenvalue weighted by molar-refractivity contribution is 5.89. The molecule has 5 rings (SSSR count). The van der Waals surface area contributed by atoms with Gasteiger partial charge in [0.1, 0.15) is 5.75 Å². The molecule has 3 fully saturated rings. The second-order valence-electron chi connectivity index (χ2n) is 8.67. The standard InChI is InChI=1S/C21H27NO3/c1-13-4-3-5-17-18(13)20-10-11-22(12-15-6-7-15)14(2)21(20,24)9-8-16(23)19(20)25-17/h3-5,14-15,19,24H,6-12H2,1-2H3. The summed E-state index contributed by atoms with van der Waals surface area (Å²) in [6.07, 6.45) is 3.87. The van der Waals surface area contributed by atoms with Crippen molar-refractivity contribution in [1.29, 1.82) is 0 Å². The van der Waals surface area contributed by atoms with Crippen LogP contribution in [0.15, 0.2) is 18.2 Å². The number of aliphatic hydroxyl groups is 1. The highest BCUT2D eigenvalue weighted by Gasteiger charge is 2.70. The van der Waals surface area contributed by atoms with Gasteiger partial charge in [-0.05, 0) is 63.6 Å². The van der Waals surface area contributed by atoms with Crippen molar-refractivity contribution in [3.8, 4) is 5.75 Å². The Kier molecular flexibility index (Phi) is 3.21. The van der Waals surface area contributed by atoms with Crippen molar-refractivity contribution in [3.63, 3.8) is 0 Å². The Bertz CT molecular complexity index is 743. The van der Waals surface area contributed by atoms with E-state index >= 15 is 0 Å². The molecule has 1 saturated heterocycles. The molecule has 0 radical (unpaired) electrons. The summed E-state index contributed by atoms with van der Waals surface area (Å²) >= 11 is 0. The molecule has 1 spiro atoms. The zero-order valence-electron chi connectivity index (χ0n) is 15.1. The number of carbonyl (C=O) groups is 1. The minimum atomic E-state index is -0.907. The third-order valence-corrected chi connectivity index (χ3v) is 7.41. The van der Waals surface area contributed by atoms with Crippen molar-refractivity contribution < 1.29 is 14.6 Å². The molecule has 0 bridgehead atoms. The molecule has 4 atom stereocenters. The number of Topliss-reactive ketones (excluding diaryl/α,β-unsaturated/α-hetero) is 1. The fourth-order valence-corrected chi connectivity index (χ4v) is 5.87. The fourth-order valence-electron chi connectivity index (χ4n) is 5.87. The Morgan fingerprint density at radius 1 is 1.32 bits per heavy atom. The van der Waals surface area contributed by atoms with E-state index in [-0.39, 0.29) is 11.8 Å². The topological polar surface area (TPSA) is 49.8 Å². The van der Waals surface area contributed by atoms with E-state index in [9.17, 15) is 9.90 Å². The number of aryl methyl sites for hydroxylation is 1. The lowest BCUT2D eigenvalue weighted by atomic mass is 9.52. The second-order valence-corrected chi connectivity index (χ2v) is 8.67. The molecule has 2 heterocycles. The van der Waals surface area contributed by atoms with Gasteiger partial charge < -0.3 is 9.84 Å². The van der Waals surface area contributed by atoms with Crippen molar-refractivity contribution in [1.82, 2.24) is 4.90 Å². The van der Waals surface area contributed by atoms with Crippen LogP contribution in [0.3, 0.4) is 0 Å². The summed E-state index contributed by atoms with van der Waals surface area (Å²) in [7, 11) is 0. The summed E-state index contributed by atoms with van der Waals surface area (Å²) in [6.45, 7) is 6.26. The van der Waals surface area contributed by atoms with Gasteiger partial charge in [-0.15, -0.1) is 0 Å². The number of ether oxygens (including phenoxy) is 1. The van der Waals surface area contributed by atoms with Gasteiger partial charge in [0, 0.05) is 24.6 Å². The number of nitrogens with zero attached hydrogens (tertiary/aromatic N) is 1. The Balaban J connectivity index is 1.65. The van der Waals surface area contributed by atoms with Crippen molar-refractivity contribution in [2.45, 2.75) is 69.1 Å². The van der Waals surface area contributed by atoms with Crippen LogP contribution in [0.1, 0.15) is 50.2 Å². The lowest BCUT2D eigenvalue weighted by Gasteiger charge is -2.59. The van der Waals surface area contributed by atoms with Gasteiger partial charge in [0.2, 0.25) is 0 Å². The lowest BCUT2D eigenvalue weighted by molar-refractivity contribution is -0.181. The van der Waals surface area contributed by atoms with E-state index in [0.717, 1.165) is 42.3 Å². The predicted molar refractivity (Wildman–Crippen MR) is 94.8 cm³/mol. The van der Waals surface area contributed by atoms with Crippen LogP contribution in [0, 0.1) is 12.8 Å². The van der Waals surface area contributed by atoms with Crippen molar-refractivity contribution in [2.75, 3.05) is 13.1 Å². The Hall–Kier alpha value is -1.39. The van der Waals surface area contributed by atoms with Gasteiger partial charge >= 0.3 is 0 Å². The molecule has 0 amide bonds. The van der Waals surface area contributed by atoms with Gasteiger partial charge in [-0.2, -0.15) is 0 Å². The molecular weight excluding hydrogens is 314 g/mol. The number of piperidine rings is 1. The highest BCUT2D eigenvalue weighted by atomic mass is 16.5. The van der Waals surface area contributed by atoms with Gasteiger partial charge in [-0.25, -0.2) is 0 Å². The SMILES string of the molecule is Cc1cccc2c1C13CCN(CC4CC4)C(C)C1(O)CCC(=O)C3O2. The summed E-state index contributed by atoms with van der Waals surface area (Å²) in [6, 6.07) is 6.08. The zero-order chi connectivity index (χ0) is 17.4. The van der Waals surface area contributed by atoms with Crippen LogP contribution in [-0.4, -0.2) is 46.6 Å². The molecule has 2 saturated carbocycles. The quantitative estimate of drug-likeness (QED) is 0.898. The van der Waals surface area contributed by atoms with E-state index < -0.39 is 17.1 Å². The van der Waals surface area contributed by atoms with Gasteiger partial charge in [0.15, 0.2) is 11.9 Å². The molecule has 2 aliphatic carbocycles. The molecule has 1 N–H and O–H groups in total. The number of hydrogen-bond donors (Lipinski definition) is 1. The predicted octanol–water partition coefficient (Wildman–Crippen LogP) is 2.59. The minimum absolute atomic E-state index is 0.0478. The van der Waals surface area contributed by atoms with Crippen LogP contribution in [0.4, 0.5) is 0 Å². The van der Waals surface area contributed by atoms with E-state index in [1.165, 1.54) is 12.8 Å². The van der Waals surface area contributed by atoms with Crippen LogP contribution < -0.4 is 4.74 Å². The van der Waals surface area contributed by atoms with E-state index in [0.29, 0.717) is 12.8 Å². The number of hydrogen-bond acceptors (Lipinski definition) is 4. The summed E-state index contributed by atoms with van der Waals surface area (Å²) in [5.41, 5.74) is 0.739. The van der Waals surface area contributed by atoms with Crippen molar-refractivity contribution in [2.24, 2.45) is 5.92 Å². The number of carbonyl (C=O) groups excluding carboxylic acids is 1. The normalized spacial score (nSPS) is 40.2. The average molecular weight is 341 g/mol. The molecule has 2 aliphatic heterocycles. The van der Waals surface area contributed by atoms with Crippen LogP contribution in [-0.2, 0) is 10.2 Å². The van der Waals surface area contributed by atoms with Gasteiger partial charge in [0.05, 0.1) is 11.0 Å². The van der Waals surface area contributed by atoms with Gasteiger partial charge in [-0.1, -0.05) is 12.1 Å². The molecule has 134 valence electrons. The van der Waals surface area contributed by atoms with E-state index in [1.54, 1.807) is 0 Å². The van der Waals surface area contributed by atoms with Crippen molar-refractivity contribution >= 4 is 5.78 Å². The Labute approximate surface area is 149 Å². The molecular formula is C21H27NO3. The smallest absolute Gasteiger partial charge is 0.174 e. The van der Waals surface area contributed by atoms with Crippen LogP contribution in [0.25, 0.3) is 0 Å². The second kappa shape index (κ2) is 5.08. The third kappa shape index (κ3) is 1.93. The summed E-state index contributed by atoms with van der Waals surface area (Å²) in [4.78, 5) is 15.2. The Morgan fingerprint density at radius 2 is 2.12 bits per heavy atom. The number of benzene rings is 1.